The molecule has 1 aromatic rings. The number of nitrogens with zero attached hydrogens (tertiary/aromatic N) is 1. The van der Waals surface area contributed by atoms with Gasteiger partial charge in [0, 0.05) is 19.5 Å². The largest absolute Gasteiger partial charge is 0.342 e. The molecule has 0 saturated carbocycles. The summed E-state index contributed by atoms with van der Waals surface area (Å²) >= 11 is 12.1. The van der Waals surface area contributed by atoms with Crippen molar-refractivity contribution in [3.05, 3.63) is 33.8 Å². The standard InChI is InChI=1S/C15H20Cl2N2O/c1-18-9-11-7-8-19(10-11)14(20)6-5-12-3-2-4-13(16)15(12)17/h2-4,11,18H,5-10H2,1H3/t11-/m1/s1. The molecule has 1 N–H and O–H groups in total. The van der Waals surface area contributed by atoms with Gasteiger partial charge in [0.2, 0.25) is 5.91 Å². The van der Waals surface area contributed by atoms with Gasteiger partial charge in [0.05, 0.1) is 10.0 Å². The van der Waals surface area contributed by atoms with Gasteiger partial charge < -0.3 is 10.2 Å². The van der Waals surface area contributed by atoms with Crippen LogP contribution in [0.1, 0.15) is 18.4 Å². The van der Waals surface area contributed by atoms with Gasteiger partial charge in [0.1, 0.15) is 0 Å². The van der Waals surface area contributed by atoms with Crippen molar-refractivity contribution in [3.8, 4) is 0 Å². The second-order valence-corrected chi connectivity index (χ2v) is 6.05. The topological polar surface area (TPSA) is 32.3 Å². The molecular weight excluding hydrogens is 295 g/mol. The van der Waals surface area contributed by atoms with E-state index in [0.717, 1.165) is 31.6 Å². The van der Waals surface area contributed by atoms with Crippen LogP contribution in [0.25, 0.3) is 0 Å². The zero-order valence-electron chi connectivity index (χ0n) is 11.7. The Morgan fingerprint density at radius 2 is 2.25 bits per heavy atom. The zero-order valence-corrected chi connectivity index (χ0v) is 13.2. The Labute approximate surface area is 130 Å². The van der Waals surface area contributed by atoms with Crippen LogP contribution in [0.3, 0.4) is 0 Å². The van der Waals surface area contributed by atoms with Crippen molar-refractivity contribution in [1.82, 2.24) is 10.2 Å². The lowest BCUT2D eigenvalue weighted by Crippen LogP contribution is -2.30. The van der Waals surface area contributed by atoms with Crippen molar-refractivity contribution in [3.63, 3.8) is 0 Å². The van der Waals surface area contributed by atoms with Crippen molar-refractivity contribution in [1.29, 1.82) is 0 Å². The van der Waals surface area contributed by atoms with Crippen LogP contribution in [0.2, 0.25) is 10.0 Å². The fourth-order valence-corrected chi connectivity index (χ4v) is 3.07. The Morgan fingerprint density at radius 1 is 1.45 bits per heavy atom. The minimum absolute atomic E-state index is 0.208. The summed E-state index contributed by atoms with van der Waals surface area (Å²) in [7, 11) is 1.95. The molecule has 1 fully saturated rings. The maximum absolute atomic E-state index is 12.2. The molecule has 1 aliphatic heterocycles. The SMILES string of the molecule is CNC[C@H]1CCN(C(=O)CCc2cccc(Cl)c2Cl)C1. The van der Waals surface area contributed by atoms with E-state index in [-0.39, 0.29) is 5.91 Å². The molecule has 1 atom stereocenters. The Hall–Kier alpha value is -0.770. The van der Waals surface area contributed by atoms with Crippen LogP contribution in [0.5, 0.6) is 0 Å². The lowest BCUT2D eigenvalue weighted by atomic mass is 10.1. The van der Waals surface area contributed by atoms with Crippen molar-refractivity contribution in [2.75, 3.05) is 26.7 Å². The summed E-state index contributed by atoms with van der Waals surface area (Å²) in [5.74, 6) is 0.790. The quantitative estimate of drug-likeness (QED) is 0.906. The van der Waals surface area contributed by atoms with Crippen molar-refractivity contribution >= 4 is 29.1 Å². The Kier molecular flexibility index (Phi) is 5.70. The number of aryl methyl sites for hydroxylation is 1. The van der Waals surface area contributed by atoms with Gasteiger partial charge in [-0.05, 0) is 44.0 Å². The van der Waals surface area contributed by atoms with Crippen LogP contribution in [0, 0.1) is 5.92 Å². The van der Waals surface area contributed by atoms with Crippen LogP contribution >= 0.6 is 23.2 Å². The summed E-state index contributed by atoms with van der Waals surface area (Å²) in [5.41, 5.74) is 0.943. The smallest absolute Gasteiger partial charge is 0.222 e. The summed E-state index contributed by atoms with van der Waals surface area (Å²) < 4.78 is 0. The number of hydrogen-bond acceptors (Lipinski definition) is 2. The molecule has 1 aliphatic rings. The molecule has 0 aromatic heterocycles. The number of hydrogen-bond donors (Lipinski definition) is 1. The second-order valence-electron chi connectivity index (χ2n) is 5.27. The summed E-state index contributed by atoms with van der Waals surface area (Å²) in [4.78, 5) is 14.2. The molecule has 110 valence electrons. The summed E-state index contributed by atoms with van der Waals surface area (Å²) in [6.45, 7) is 2.71. The molecule has 1 aromatic carbocycles. The fraction of sp³-hybridized carbons (Fsp3) is 0.533. The molecular formula is C15H20Cl2N2O. The van der Waals surface area contributed by atoms with E-state index < -0.39 is 0 Å². The second kappa shape index (κ2) is 7.30. The molecule has 20 heavy (non-hydrogen) atoms. The van der Waals surface area contributed by atoms with Gasteiger partial charge in [-0.15, -0.1) is 0 Å². The Morgan fingerprint density at radius 3 is 3.00 bits per heavy atom. The summed E-state index contributed by atoms with van der Waals surface area (Å²) in [6.07, 6.45) is 2.22. The molecule has 5 heteroatoms. The molecule has 3 nitrogen and oxygen atoms in total. The highest BCUT2D eigenvalue weighted by atomic mass is 35.5. The highest BCUT2D eigenvalue weighted by Gasteiger charge is 2.25. The normalized spacial score (nSPS) is 18.6. The van der Waals surface area contributed by atoms with Gasteiger partial charge in [-0.2, -0.15) is 0 Å². The van der Waals surface area contributed by atoms with E-state index in [4.69, 9.17) is 23.2 Å². The molecule has 0 bridgehead atoms. The molecule has 0 spiro atoms. The first-order chi connectivity index (χ1) is 9.61. The Balaban J connectivity index is 1.85. The molecule has 0 aliphatic carbocycles. The first-order valence-corrected chi connectivity index (χ1v) is 7.72. The highest BCUT2D eigenvalue weighted by Crippen LogP contribution is 2.26. The molecule has 1 heterocycles. The van der Waals surface area contributed by atoms with Gasteiger partial charge in [0.25, 0.3) is 0 Å². The monoisotopic (exact) mass is 314 g/mol. The minimum Gasteiger partial charge on any atom is -0.342 e. The highest BCUT2D eigenvalue weighted by molar-refractivity contribution is 6.42. The third kappa shape index (κ3) is 3.87. The van der Waals surface area contributed by atoms with E-state index >= 15 is 0 Å². The number of carbonyl (C=O) groups is 1. The van der Waals surface area contributed by atoms with Crippen LogP contribution in [0.15, 0.2) is 18.2 Å². The minimum atomic E-state index is 0.208. The van der Waals surface area contributed by atoms with Crippen molar-refractivity contribution in [2.45, 2.75) is 19.3 Å². The van der Waals surface area contributed by atoms with Gasteiger partial charge in [-0.25, -0.2) is 0 Å². The number of carbonyl (C=O) groups excluding carboxylic acids is 1. The van der Waals surface area contributed by atoms with Crippen LogP contribution in [0.4, 0.5) is 0 Å². The lowest BCUT2D eigenvalue weighted by Gasteiger charge is -2.17. The van der Waals surface area contributed by atoms with Gasteiger partial charge in [-0.3, -0.25) is 4.79 Å². The molecule has 0 radical (unpaired) electrons. The lowest BCUT2D eigenvalue weighted by molar-refractivity contribution is -0.130. The average Bonchev–Trinajstić information content (AvgIpc) is 2.89. The van der Waals surface area contributed by atoms with Gasteiger partial charge >= 0.3 is 0 Å². The van der Waals surface area contributed by atoms with Gasteiger partial charge in [-0.1, -0.05) is 35.3 Å². The Bertz CT molecular complexity index is 479. The number of rotatable bonds is 5. The van der Waals surface area contributed by atoms with E-state index in [0.29, 0.717) is 28.8 Å². The number of amides is 1. The number of halogens is 2. The van der Waals surface area contributed by atoms with E-state index in [1.54, 1.807) is 6.07 Å². The van der Waals surface area contributed by atoms with E-state index in [2.05, 4.69) is 5.32 Å². The summed E-state index contributed by atoms with van der Waals surface area (Å²) in [6, 6.07) is 5.56. The first-order valence-electron chi connectivity index (χ1n) is 6.97. The van der Waals surface area contributed by atoms with Crippen molar-refractivity contribution < 1.29 is 4.79 Å². The zero-order chi connectivity index (χ0) is 14.5. The van der Waals surface area contributed by atoms with E-state index in [1.165, 1.54) is 0 Å². The molecule has 1 amide bonds. The van der Waals surface area contributed by atoms with Crippen LogP contribution < -0.4 is 5.32 Å². The maximum atomic E-state index is 12.2. The predicted octanol–water partition coefficient (Wildman–Crippen LogP) is 2.99. The van der Waals surface area contributed by atoms with Crippen LogP contribution in [-0.4, -0.2) is 37.5 Å². The number of benzene rings is 1. The van der Waals surface area contributed by atoms with E-state index in [9.17, 15) is 4.79 Å². The number of likely N-dealkylation sites (tertiary alicyclic amines) is 1. The predicted molar refractivity (Wildman–Crippen MR) is 83.4 cm³/mol. The number of nitrogens with one attached hydrogen (secondary N) is 1. The third-order valence-corrected chi connectivity index (χ3v) is 4.63. The fourth-order valence-electron chi connectivity index (χ4n) is 2.66. The van der Waals surface area contributed by atoms with Crippen molar-refractivity contribution in [2.24, 2.45) is 5.92 Å². The summed E-state index contributed by atoms with van der Waals surface area (Å²) in [5, 5.41) is 4.28. The molecule has 0 unspecified atom stereocenters. The van der Waals surface area contributed by atoms with Gasteiger partial charge in [0.15, 0.2) is 0 Å². The average molecular weight is 315 g/mol. The molecule has 2 rings (SSSR count). The maximum Gasteiger partial charge on any atom is 0.222 e. The van der Waals surface area contributed by atoms with E-state index in [1.807, 2.05) is 24.1 Å². The van der Waals surface area contributed by atoms with Crippen LogP contribution in [-0.2, 0) is 11.2 Å². The third-order valence-electron chi connectivity index (χ3n) is 3.77. The first kappa shape index (κ1) is 15.6. The molecule has 1 saturated heterocycles.